The van der Waals surface area contributed by atoms with Crippen molar-refractivity contribution < 1.29 is 9.59 Å². The van der Waals surface area contributed by atoms with Gasteiger partial charge in [-0.25, -0.2) is 4.98 Å². The zero-order chi connectivity index (χ0) is 28.8. The summed E-state index contributed by atoms with van der Waals surface area (Å²) < 4.78 is 1.99. The molecule has 0 spiro atoms. The first-order valence-corrected chi connectivity index (χ1v) is 14.9. The van der Waals surface area contributed by atoms with E-state index in [0.717, 1.165) is 49.0 Å². The first-order valence-electron chi connectivity index (χ1n) is 14.5. The molecule has 4 atom stereocenters. The minimum Gasteiger partial charge on any atom is -0.351 e. The minimum atomic E-state index is -0.394. The summed E-state index contributed by atoms with van der Waals surface area (Å²) in [6.07, 6.45) is 7.43. The SMILES string of the molecule is CC[C@H]1CCN(C(C(=O)Cc2cncn2Cc2ccc(C#N)cc2)[C@@H]2CCCN2)[C@@H]1C(=O)NCc1cccc(Cl)c1. The van der Waals surface area contributed by atoms with Gasteiger partial charge in [-0.3, -0.25) is 14.5 Å². The topological polar surface area (TPSA) is 103 Å². The second-order valence-corrected chi connectivity index (χ2v) is 11.5. The first kappa shape index (κ1) is 29.0. The van der Waals surface area contributed by atoms with E-state index in [2.05, 4.69) is 33.5 Å². The Balaban J connectivity index is 1.34. The number of nitriles is 1. The maximum Gasteiger partial charge on any atom is 0.237 e. The van der Waals surface area contributed by atoms with E-state index in [-0.39, 0.29) is 36.1 Å². The summed E-state index contributed by atoms with van der Waals surface area (Å²) in [4.78, 5) is 34.4. The molecular formula is C32H37ClN6O2. The zero-order valence-electron chi connectivity index (χ0n) is 23.4. The van der Waals surface area contributed by atoms with Crippen LogP contribution in [0, 0.1) is 17.2 Å². The van der Waals surface area contributed by atoms with Gasteiger partial charge in [-0.05, 0) is 67.1 Å². The fraction of sp³-hybridized carbons (Fsp3) is 0.438. The van der Waals surface area contributed by atoms with E-state index in [1.807, 2.05) is 41.0 Å². The summed E-state index contributed by atoms with van der Waals surface area (Å²) in [5, 5.41) is 16.4. The van der Waals surface area contributed by atoms with Crippen LogP contribution in [0.3, 0.4) is 0 Å². The molecule has 2 aliphatic heterocycles. The highest BCUT2D eigenvalue weighted by molar-refractivity contribution is 6.30. The number of amides is 1. The average Bonchev–Trinajstić information content (AvgIpc) is 3.75. The first-order chi connectivity index (χ1) is 20.0. The number of Topliss-reactive ketones (excluding diaryl/α,β-unsaturated/α-hetero) is 1. The maximum atomic E-state index is 14.1. The molecule has 0 saturated carbocycles. The Kier molecular flexibility index (Phi) is 9.50. The Morgan fingerprint density at radius 3 is 2.73 bits per heavy atom. The van der Waals surface area contributed by atoms with Crippen LogP contribution in [0.2, 0.25) is 5.02 Å². The van der Waals surface area contributed by atoms with Gasteiger partial charge in [-0.2, -0.15) is 5.26 Å². The molecule has 1 aromatic heterocycles. The zero-order valence-corrected chi connectivity index (χ0v) is 24.2. The number of benzene rings is 2. The lowest BCUT2D eigenvalue weighted by Crippen LogP contribution is -2.58. The fourth-order valence-electron chi connectivity index (χ4n) is 6.35. The number of likely N-dealkylation sites (tertiary alicyclic amines) is 1. The number of aromatic nitrogens is 2. The van der Waals surface area contributed by atoms with Gasteiger partial charge in [0, 0.05) is 49.0 Å². The molecule has 2 fully saturated rings. The van der Waals surface area contributed by atoms with E-state index in [4.69, 9.17) is 16.9 Å². The van der Waals surface area contributed by atoms with Crippen molar-refractivity contribution in [3.8, 4) is 6.07 Å². The van der Waals surface area contributed by atoms with Crippen molar-refractivity contribution >= 4 is 23.3 Å². The van der Waals surface area contributed by atoms with E-state index in [9.17, 15) is 9.59 Å². The van der Waals surface area contributed by atoms with Gasteiger partial charge in [-0.15, -0.1) is 0 Å². The molecule has 0 radical (unpaired) electrons. The van der Waals surface area contributed by atoms with Crippen molar-refractivity contribution in [1.82, 2.24) is 25.1 Å². The van der Waals surface area contributed by atoms with Crippen molar-refractivity contribution in [2.24, 2.45) is 5.92 Å². The van der Waals surface area contributed by atoms with E-state index in [0.29, 0.717) is 30.2 Å². The van der Waals surface area contributed by atoms with E-state index in [1.54, 1.807) is 24.7 Å². The van der Waals surface area contributed by atoms with E-state index < -0.39 is 6.04 Å². The lowest BCUT2D eigenvalue weighted by molar-refractivity contribution is -0.131. The monoisotopic (exact) mass is 572 g/mol. The summed E-state index contributed by atoms with van der Waals surface area (Å²) in [5.41, 5.74) is 3.44. The quantitative estimate of drug-likeness (QED) is 0.358. The molecule has 2 saturated heterocycles. The highest BCUT2D eigenvalue weighted by Gasteiger charge is 2.46. The third-order valence-electron chi connectivity index (χ3n) is 8.47. The molecular weight excluding hydrogens is 536 g/mol. The van der Waals surface area contributed by atoms with Gasteiger partial charge in [0.15, 0.2) is 5.78 Å². The van der Waals surface area contributed by atoms with Gasteiger partial charge >= 0.3 is 0 Å². The molecule has 1 unspecified atom stereocenters. The molecule has 1 amide bonds. The van der Waals surface area contributed by atoms with E-state index in [1.165, 1.54) is 0 Å². The number of halogens is 1. The molecule has 2 N–H and O–H groups in total. The van der Waals surface area contributed by atoms with Gasteiger partial charge in [0.2, 0.25) is 5.91 Å². The Morgan fingerprint density at radius 2 is 2.02 bits per heavy atom. The summed E-state index contributed by atoms with van der Waals surface area (Å²) in [5.74, 6) is 0.263. The standard InChI is InChI=1S/C32H37ClN6O2/c1-2-25-12-14-39(30(25)32(41)37-18-24-5-3-6-26(33)15-24)31(28-7-4-13-36-28)29(40)16-27-19-35-21-38(27)20-23-10-8-22(17-34)9-11-23/h3,5-6,8-11,15,19,21,25,28,30-31,36H,2,4,7,12-14,16,18,20H2,1H3,(H,37,41)/t25-,28-,30-,31?/m0/s1. The van der Waals surface area contributed by atoms with Crippen molar-refractivity contribution in [1.29, 1.82) is 5.26 Å². The number of nitrogens with one attached hydrogen (secondary N) is 2. The van der Waals surface area contributed by atoms with Gasteiger partial charge in [-0.1, -0.05) is 49.2 Å². The van der Waals surface area contributed by atoms with Crippen LogP contribution in [0.4, 0.5) is 0 Å². The van der Waals surface area contributed by atoms with Crippen molar-refractivity contribution in [2.75, 3.05) is 13.1 Å². The maximum absolute atomic E-state index is 14.1. The van der Waals surface area contributed by atoms with Gasteiger partial charge in [0.1, 0.15) is 0 Å². The third kappa shape index (κ3) is 6.87. The number of ketones is 1. The molecule has 8 nitrogen and oxygen atoms in total. The normalized spacial score (nSPS) is 21.4. The number of nitrogens with zero attached hydrogens (tertiary/aromatic N) is 4. The summed E-state index contributed by atoms with van der Waals surface area (Å²) in [6.45, 7) is 4.68. The molecule has 214 valence electrons. The summed E-state index contributed by atoms with van der Waals surface area (Å²) in [6, 6.07) is 16.4. The van der Waals surface area contributed by atoms with Crippen LogP contribution < -0.4 is 10.6 Å². The van der Waals surface area contributed by atoms with Gasteiger partial charge in [0.25, 0.3) is 0 Å². The van der Waals surface area contributed by atoms with Crippen molar-refractivity contribution in [2.45, 2.75) is 70.2 Å². The third-order valence-corrected chi connectivity index (χ3v) is 8.70. The Hall–Kier alpha value is -3.51. The van der Waals surface area contributed by atoms with Crippen LogP contribution in [0.1, 0.15) is 55.0 Å². The van der Waals surface area contributed by atoms with Crippen LogP contribution in [0.15, 0.2) is 61.1 Å². The average molecular weight is 573 g/mol. The molecule has 5 rings (SSSR count). The van der Waals surface area contributed by atoms with Crippen LogP contribution in [-0.2, 0) is 29.1 Å². The largest absolute Gasteiger partial charge is 0.351 e. The van der Waals surface area contributed by atoms with E-state index >= 15 is 0 Å². The summed E-state index contributed by atoms with van der Waals surface area (Å²) in [7, 11) is 0. The Labute approximate surface area is 246 Å². The molecule has 2 aromatic carbocycles. The highest BCUT2D eigenvalue weighted by Crippen LogP contribution is 2.32. The van der Waals surface area contributed by atoms with Gasteiger partial charge < -0.3 is 15.2 Å². The molecule has 3 aromatic rings. The van der Waals surface area contributed by atoms with Crippen molar-refractivity contribution in [3.05, 3.63) is 88.5 Å². The molecule has 3 heterocycles. The number of imidazole rings is 1. The number of rotatable bonds is 11. The predicted octanol–water partition coefficient (Wildman–Crippen LogP) is 4.11. The van der Waals surface area contributed by atoms with Crippen LogP contribution >= 0.6 is 11.6 Å². The second-order valence-electron chi connectivity index (χ2n) is 11.1. The smallest absolute Gasteiger partial charge is 0.237 e. The van der Waals surface area contributed by atoms with Gasteiger partial charge in [0.05, 0.1) is 30.0 Å². The van der Waals surface area contributed by atoms with Crippen LogP contribution in [-0.4, -0.2) is 57.4 Å². The molecule has 0 aliphatic carbocycles. The summed E-state index contributed by atoms with van der Waals surface area (Å²) >= 11 is 6.15. The lowest BCUT2D eigenvalue weighted by atomic mass is 9.93. The lowest BCUT2D eigenvalue weighted by Gasteiger charge is -2.36. The minimum absolute atomic E-state index is 0.0104. The second kappa shape index (κ2) is 13.4. The Morgan fingerprint density at radius 1 is 1.20 bits per heavy atom. The number of hydrogen-bond acceptors (Lipinski definition) is 6. The van der Waals surface area contributed by atoms with Crippen LogP contribution in [0.25, 0.3) is 0 Å². The number of hydrogen-bond donors (Lipinski definition) is 2. The molecule has 9 heteroatoms. The molecule has 0 bridgehead atoms. The predicted molar refractivity (Wildman–Crippen MR) is 158 cm³/mol. The van der Waals surface area contributed by atoms with Crippen LogP contribution in [0.5, 0.6) is 0 Å². The molecule has 2 aliphatic rings. The number of carbonyl (C=O) groups excluding carboxylic acids is 2. The Bertz CT molecular complexity index is 1390. The number of carbonyl (C=O) groups is 2. The highest BCUT2D eigenvalue weighted by atomic mass is 35.5. The van der Waals surface area contributed by atoms with Crippen molar-refractivity contribution in [3.63, 3.8) is 0 Å². The fourth-order valence-corrected chi connectivity index (χ4v) is 6.56. The molecule has 41 heavy (non-hydrogen) atoms.